The molecule has 14 nitrogen and oxygen atoms in total. The topological polar surface area (TPSA) is 224 Å². The summed E-state index contributed by atoms with van der Waals surface area (Å²) < 4.78 is 71.9. The van der Waals surface area contributed by atoms with Crippen molar-refractivity contribution in [3.05, 3.63) is 36.4 Å². The summed E-state index contributed by atoms with van der Waals surface area (Å²) in [5.74, 6) is -1.52. The molecule has 0 bridgehead atoms. The molecule has 0 aliphatic carbocycles. The van der Waals surface area contributed by atoms with Gasteiger partial charge in [-0.1, -0.05) is 5.04 Å². The highest BCUT2D eigenvalue weighted by Crippen LogP contribution is 2.34. The highest BCUT2D eigenvalue weighted by molar-refractivity contribution is 7.92. The molecule has 33 heavy (non-hydrogen) atoms. The zero-order valence-electron chi connectivity index (χ0n) is 16.7. The van der Waals surface area contributed by atoms with Crippen LogP contribution in [0.4, 0.5) is 22.7 Å². The second kappa shape index (κ2) is 10.9. The van der Waals surface area contributed by atoms with Crippen LogP contribution in [-0.2, 0) is 45.2 Å². The summed E-state index contributed by atoms with van der Waals surface area (Å²) in [6.45, 7) is 1.20. The lowest BCUT2D eigenvalue weighted by Crippen LogP contribution is -2.14. The molecule has 0 saturated heterocycles. The zero-order valence-corrected chi connectivity index (χ0v) is 19.2. The minimum atomic E-state index is -4.68. The molecule has 180 valence electrons. The molecule has 0 heterocycles. The smallest absolute Gasteiger partial charge is 0.296 e. The number of nitrogens with zero attached hydrogens (tertiary/aromatic N) is 2. The van der Waals surface area contributed by atoms with E-state index in [9.17, 15) is 30.4 Å². The Hall–Kier alpha value is -2.80. The van der Waals surface area contributed by atoms with E-state index in [1.807, 2.05) is 0 Å². The first-order valence-corrected chi connectivity index (χ1v) is 13.0. The second-order valence-electron chi connectivity index (χ2n) is 6.23. The van der Waals surface area contributed by atoms with Crippen LogP contribution in [-0.4, -0.2) is 48.3 Å². The molecule has 0 aromatic heterocycles. The van der Waals surface area contributed by atoms with Crippen molar-refractivity contribution in [2.75, 3.05) is 22.6 Å². The Labute approximate surface area is 190 Å². The van der Waals surface area contributed by atoms with Gasteiger partial charge < -0.3 is 11.1 Å². The highest BCUT2D eigenvalue weighted by atomic mass is 32.2. The molecule has 2 rings (SSSR count). The Kier molecular flexibility index (Phi) is 8.72. The molecule has 0 fully saturated rings. The number of nitrogens with one attached hydrogen (secondary N) is 1. The number of hydrogen-bond donors (Lipinski definition) is 4. The first-order valence-electron chi connectivity index (χ1n) is 8.63. The Morgan fingerprint density at radius 3 is 2.33 bits per heavy atom. The number of carbonyl (C=O) groups is 1. The summed E-state index contributed by atoms with van der Waals surface area (Å²) in [4.78, 5) is 10.6. The van der Waals surface area contributed by atoms with Crippen molar-refractivity contribution in [3.8, 4) is 0 Å². The monoisotopic (exact) mass is 522 g/mol. The quantitative estimate of drug-likeness (QED) is 0.116. The number of rotatable bonds is 10. The van der Waals surface area contributed by atoms with Crippen LogP contribution in [0.5, 0.6) is 0 Å². The van der Waals surface area contributed by atoms with Crippen molar-refractivity contribution in [2.45, 2.75) is 16.7 Å². The third-order valence-corrected chi connectivity index (χ3v) is 7.46. The molecule has 17 heteroatoms. The summed E-state index contributed by atoms with van der Waals surface area (Å²) in [7, 11) is -8.52. The molecule has 0 spiro atoms. The summed E-state index contributed by atoms with van der Waals surface area (Å²) in [6.07, 6.45) is 0. The van der Waals surface area contributed by atoms with Gasteiger partial charge in [-0.2, -0.15) is 13.5 Å². The van der Waals surface area contributed by atoms with E-state index in [-0.39, 0.29) is 27.6 Å². The Balaban J connectivity index is 2.30. The van der Waals surface area contributed by atoms with Gasteiger partial charge in [-0.15, -0.1) is 9.45 Å². The molecule has 0 saturated carbocycles. The number of anilines is 2. The molecular weight excluding hydrogens is 504 g/mol. The van der Waals surface area contributed by atoms with Crippen molar-refractivity contribution in [1.29, 1.82) is 0 Å². The van der Waals surface area contributed by atoms with Crippen molar-refractivity contribution < 1.29 is 45.0 Å². The van der Waals surface area contributed by atoms with Gasteiger partial charge in [-0.05, 0) is 36.4 Å². The number of benzene rings is 2. The van der Waals surface area contributed by atoms with E-state index >= 15 is 0 Å². The van der Waals surface area contributed by atoms with E-state index in [1.54, 1.807) is 0 Å². The maximum absolute atomic E-state index is 12.3. The van der Waals surface area contributed by atoms with Crippen LogP contribution in [0.15, 0.2) is 56.4 Å². The summed E-state index contributed by atoms with van der Waals surface area (Å²) in [6, 6.07) is 6.99. The Bertz CT molecular complexity index is 1290. The SMILES string of the molecule is CC(=O)Nc1cc(N)c(S(=O)(=O)O)cc1N=Nc1ccc(S(=O)(=O)CCS(=O)OOO)cc1. The maximum atomic E-state index is 12.3. The van der Waals surface area contributed by atoms with Crippen molar-refractivity contribution in [3.63, 3.8) is 0 Å². The fourth-order valence-electron chi connectivity index (χ4n) is 2.38. The van der Waals surface area contributed by atoms with E-state index in [1.165, 1.54) is 31.2 Å². The molecule has 0 radical (unpaired) electrons. The third kappa shape index (κ3) is 7.63. The molecule has 1 unspecified atom stereocenters. The Morgan fingerprint density at radius 1 is 1.15 bits per heavy atom. The number of hydrogen-bond acceptors (Lipinski definition) is 12. The van der Waals surface area contributed by atoms with Crippen LogP contribution < -0.4 is 11.1 Å². The average molecular weight is 523 g/mol. The molecule has 2 aromatic carbocycles. The number of amides is 1. The van der Waals surface area contributed by atoms with Gasteiger partial charge in [0.05, 0.1) is 33.5 Å². The minimum Gasteiger partial charge on any atom is -0.398 e. The van der Waals surface area contributed by atoms with Gasteiger partial charge in [0, 0.05) is 6.92 Å². The van der Waals surface area contributed by atoms with Crippen LogP contribution >= 0.6 is 0 Å². The van der Waals surface area contributed by atoms with E-state index in [4.69, 9.17) is 11.0 Å². The van der Waals surface area contributed by atoms with E-state index in [0.717, 1.165) is 12.1 Å². The molecule has 1 atom stereocenters. The number of nitrogen functional groups attached to an aromatic ring is 1. The summed E-state index contributed by atoms with van der Waals surface area (Å²) in [5, 5.41) is 21.4. The van der Waals surface area contributed by atoms with Crippen LogP contribution in [0.3, 0.4) is 0 Å². The zero-order chi connectivity index (χ0) is 24.8. The van der Waals surface area contributed by atoms with Crippen molar-refractivity contribution in [2.24, 2.45) is 10.2 Å². The van der Waals surface area contributed by atoms with E-state index in [2.05, 4.69) is 24.9 Å². The fourth-order valence-corrected chi connectivity index (χ4v) is 5.34. The predicted octanol–water partition coefficient (Wildman–Crippen LogP) is 1.75. The van der Waals surface area contributed by atoms with Crippen LogP contribution in [0, 0.1) is 0 Å². The van der Waals surface area contributed by atoms with Gasteiger partial charge in [-0.25, -0.2) is 17.9 Å². The van der Waals surface area contributed by atoms with Gasteiger partial charge >= 0.3 is 0 Å². The number of sulfone groups is 1. The summed E-state index contributed by atoms with van der Waals surface area (Å²) >= 11 is -2.17. The van der Waals surface area contributed by atoms with Gasteiger partial charge in [-0.3, -0.25) is 9.35 Å². The molecule has 2 aromatic rings. The number of nitrogens with two attached hydrogens (primary N) is 1. The maximum Gasteiger partial charge on any atom is 0.296 e. The lowest BCUT2D eigenvalue weighted by Gasteiger charge is -2.10. The normalized spacial score (nSPS) is 13.2. The van der Waals surface area contributed by atoms with Crippen molar-refractivity contribution >= 4 is 59.7 Å². The number of azo groups is 1. The standard InChI is InChI=1S/C16H18N4O10S3/c1-10(21)18-14-8-13(17)16(33(26,27)28)9-15(14)20-19-11-2-4-12(5-3-11)32(24,25)7-6-31(23)30-29-22/h2-5,8-9,22H,6-7,17H2,1H3,(H,18,21)(H,26,27,28). The fraction of sp³-hybridized carbons (Fsp3) is 0.188. The van der Waals surface area contributed by atoms with Crippen LogP contribution in [0.25, 0.3) is 0 Å². The number of carbonyl (C=O) groups excluding carboxylic acids is 1. The van der Waals surface area contributed by atoms with Crippen LogP contribution in [0.1, 0.15) is 6.92 Å². The van der Waals surface area contributed by atoms with E-state index < -0.39 is 53.3 Å². The molecule has 1 amide bonds. The van der Waals surface area contributed by atoms with Crippen LogP contribution in [0.2, 0.25) is 0 Å². The molecule has 0 aliphatic heterocycles. The first-order chi connectivity index (χ1) is 15.3. The summed E-state index contributed by atoms with van der Waals surface area (Å²) in [5.41, 5.74) is 5.33. The van der Waals surface area contributed by atoms with Gasteiger partial charge in [0.1, 0.15) is 10.6 Å². The van der Waals surface area contributed by atoms with Gasteiger partial charge in [0.15, 0.2) is 20.9 Å². The first kappa shape index (κ1) is 26.5. The largest absolute Gasteiger partial charge is 0.398 e. The van der Waals surface area contributed by atoms with E-state index in [0.29, 0.717) is 0 Å². The lowest BCUT2D eigenvalue weighted by molar-refractivity contribution is -0.434. The molecule has 5 N–H and O–H groups in total. The Morgan fingerprint density at radius 2 is 1.79 bits per heavy atom. The van der Waals surface area contributed by atoms with Gasteiger partial charge in [0.25, 0.3) is 10.1 Å². The minimum absolute atomic E-state index is 0.0254. The molecule has 0 aliphatic rings. The lowest BCUT2D eigenvalue weighted by atomic mass is 10.2. The highest BCUT2D eigenvalue weighted by Gasteiger charge is 2.19. The predicted molar refractivity (Wildman–Crippen MR) is 115 cm³/mol. The van der Waals surface area contributed by atoms with Crippen molar-refractivity contribution in [1.82, 2.24) is 0 Å². The molecular formula is C16H18N4O10S3. The third-order valence-electron chi connectivity index (χ3n) is 3.81. The average Bonchev–Trinajstić information content (AvgIpc) is 2.71. The second-order valence-corrected chi connectivity index (χ2v) is 10.9. The van der Waals surface area contributed by atoms with Gasteiger partial charge in [0.2, 0.25) is 5.91 Å².